The number of rotatable bonds is 5. The van der Waals surface area contributed by atoms with Gasteiger partial charge in [-0.3, -0.25) is 4.79 Å². The van der Waals surface area contributed by atoms with Gasteiger partial charge in [-0.15, -0.1) is 0 Å². The van der Waals surface area contributed by atoms with Gasteiger partial charge in [0.25, 0.3) is 5.56 Å². The second-order valence-corrected chi connectivity index (χ2v) is 5.31. The largest absolute Gasteiger partial charge is 0.393 e. The predicted octanol–water partition coefficient (Wildman–Crippen LogP) is 1.39. The number of anilines is 1. The monoisotopic (exact) mass is 265 g/mol. The molecule has 5 nitrogen and oxygen atoms in total. The lowest BCUT2D eigenvalue weighted by Crippen LogP contribution is -2.32. The Hall–Kier alpha value is -1.36. The molecular formula is C14H23N3O2. The summed E-state index contributed by atoms with van der Waals surface area (Å²) in [5.41, 5.74) is 0.894. The highest BCUT2D eigenvalue weighted by atomic mass is 16.3. The van der Waals surface area contributed by atoms with Gasteiger partial charge in [-0.25, -0.2) is 4.68 Å². The summed E-state index contributed by atoms with van der Waals surface area (Å²) < 4.78 is 1.48. The molecular weight excluding hydrogens is 242 g/mol. The average molecular weight is 265 g/mol. The van der Waals surface area contributed by atoms with Gasteiger partial charge in [0.2, 0.25) is 0 Å². The van der Waals surface area contributed by atoms with Crippen LogP contribution in [0.15, 0.2) is 17.1 Å². The molecule has 1 aliphatic heterocycles. The van der Waals surface area contributed by atoms with Crippen molar-refractivity contribution >= 4 is 5.69 Å². The standard InChI is InChI=1S/C14H23N3O2/c1-12(18)6-5-9-17-14(19)10-13(11-15-17)16-7-3-2-4-8-16/h10-12,18H,2-9H2,1H3. The van der Waals surface area contributed by atoms with Gasteiger partial charge in [-0.2, -0.15) is 5.10 Å². The lowest BCUT2D eigenvalue weighted by Gasteiger charge is -2.28. The van der Waals surface area contributed by atoms with Crippen LogP contribution in [0.2, 0.25) is 0 Å². The first-order valence-electron chi connectivity index (χ1n) is 7.17. The smallest absolute Gasteiger partial charge is 0.268 e. The molecule has 1 N–H and O–H groups in total. The number of aromatic nitrogens is 2. The number of hydrogen-bond donors (Lipinski definition) is 1. The Morgan fingerprint density at radius 1 is 1.37 bits per heavy atom. The number of nitrogens with zero attached hydrogens (tertiary/aromatic N) is 3. The highest BCUT2D eigenvalue weighted by molar-refractivity contribution is 5.43. The van der Waals surface area contributed by atoms with Crippen LogP contribution in [0.5, 0.6) is 0 Å². The van der Waals surface area contributed by atoms with E-state index in [9.17, 15) is 9.90 Å². The summed E-state index contributed by atoms with van der Waals surface area (Å²) in [6.45, 7) is 4.37. The molecule has 2 rings (SSSR count). The van der Waals surface area contributed by atoms with Gasteiger partial charge in [-0.05, 0) is 39.0 Å². The van der Waals surface area contributed by atoms with Crippen LogP contribution in [-0.2, 0) is 6.54 Å². The Labute approximate surface area is 113 Å². The molecule has 0 aliphatic carbocycles. The molecule has 1 aromatic rings. The van der Waals surface area contributed by atoms with E-state index in [1.807, 2.05) is 0 Å². The van der Waals surface area contributed by atoms with Crippen molar-refractivity contribution in [2.24, 2.45) is 0 Å². The second-order valence-electron chi connectivity index (χ2n) is 5.31. The summed E-state index contributed by atoms with van der Waals surface area (Å²) in [5, 5.41) is 13.4. The minimum atomic E-state index is -0.316. The molecule has 0 saturated carbocycles. The van der Waals surface area contributed by atoms with Crippen LogP contribution in [0.1, 0.15) is 39.0 Å². The topological polar surface area (TPSA) is 58.4 Å². The van der Waals surface area contributed by atoms with Crippen molar-refractivity contribution in [2.45, 2.75) is 51.7 Å². The molecule has 0 bridgehead atoms. The maximum Gasteiger partial charge on any atom is 0.268 e. The first-order valence-corrected chi connectivity index (χ1v) is 7.17. The van der Waals surface area contributed by atoms with E-state index in [2.05, 4.69) is 10.00 Å². The van der Waals surface area contributed by atoms with Crippen molar-refractivity contribution in [2.75, 3.05) is 18.0 Å². The summed E-state index contributed by atoms with van der Waals surface area (Å²) in [6, 6.07) is 1.68. The highest BCUT2D eigenvalue weighted by Crippen LogP contribution is 2.16. The van der Waals surface area contributed by atoms with Gasteiger partial charge in [0.05, 0.1) is 18.0 Å². The van der Waals surface area contributed by atoms with Crippen LogP contribution >= 0.6 is 0 Å². The lowest BCUT2D eigenvalue weighted by molar-refractivity contribution is 0.178. The molecule has 5 heteroatoms. The minimum Gasteiger partial charge on any atom is -0.393 e. The Balaban J connectivity index is 1.98. The van der Waals surface area contributed by atoms with E-state index in [1.54, 1.807) is 19.2 Å². The Bertz CT molecular complexity index is 450. The van der Waals surface area contributed by atoms with Crippen LogP contribution in [-0.4, -0.2) is 34.1 Å². The van der Waals surface area contributed by atoms with Crippen LogP contribution in [0.25, 0.3) is 0 Å². The third-order valence-corrected chi connectivity index (χ3v) is 3.57. The van der Waals surface area contributed by atoms with E-state index in [-0.39, 0.29) is 11.7 Å². The molecule has 1 saturated heterocycles. The van der Waals surface area contributed by atoms with Gasteiger partial charge in [0, 0.05) is 25.7 Å². The zero-order valence-electron chi connectivity index (χ0n) is 11.6. The van der Waals surface area contributed by atoms with Crippen molar-refractivity contribution in [1.29, 1.82) is 0 Å². The molecule has 0 aromatic carbocycles. The summed E-state index contributed by atoms with van der Waals surface area (Å²) in [6.07, 6.45) is 6.60. The molecule has 19 heavy (non-hydrogen) atoms. The summed E-state index contributed by atoms with van der Waals surface area (Å²) >= 11 is 0. The fourth-order valence-corrected chi connectivity index (χ4v) is 2.45. The van der Waals surface area contributed by atoms with Gasteiger partial charge in [0.15, 0.2) is 0 Å². The minimum absolute atomic E-state index is 0.0475. The first kappa shape index (κ1) is 14.1. The number of aliphatic hydroxyl groups excluding tert-OH is 1. The van der Waals surface area contributed by atoms with Crippen molar-refractivity contribution < 1.29 is 5.11 Å². The Morgan fingerprint density at radius 2 is 2.11 bits per heavy atom. The fourth-order valence-electron chi connectivity index (χ4n) is 2.45. The van der Waals surface area contributed by atoms with E-state index >= 15 is 0 Å². The van der Waals surface area contributed by atoms with Crippen molar-refractivity contribution in [3.63, 3.8) is 0 Å². The van der Waals surface area contributed by atoms with Gasteiger partial charge < -0.3 is 10.0 Å². The van der Waals surface area contributed by atoms with Crippen LogP contribution in [0, 0.1) is 0 Å². The molecule has 1 aromatic heterocycles. The molecule has 0 radical (unpaired) electrons. The third kappa shape index (κ3) is 4.06. The molecule has 0 spiro atoms. The third-order valence-electron chi connectivity index (χ3n) is 3.57. The Morgan fingerprint density at radius 3 is 2.74 bits per heavy atom. The molecule has 106 valence electrons. The first-order chi connectivity index (χ1) is 9.16. The van der Waals surface area contributed by atoms with E-state index in [4.69, 9.17) is 0 Å². The number of hydrogen-bond acceptors (Lipinski definition) is 4. The zero-order chi connectivity index (χ0) is 13.7. The number of piperidine rings is 1. The normalized spacial score (nSPS) is 17.5. The van der Waals surface area contributed by atoms with E-state index in [1.165, 1.54) is 23.9 Å². The van der Waals surface area contributed by atoms with Crippen LogP contribution in [0.3, 0.4) is 0 Å². The summed E-state index contributed by atoms with van der Waals surface area (Å²) in [4.78, 5) is 14.2. The maximum atomic E-state index is 12.0. The van der Waals surface area contributed by atoms with Crippen LogP contribution in [0.4, 0.5) is 5.69 Å². The molecule has 2 heterocycles. The fraction of sp³-hybridized carbons (Fsp3) is 0.714. The molecule has 1 aliphatic rings. The number of aryl methyl sites for hydroxylation is 1. The van der Waals surface area contributed by atoms with E-state index in [0.717, 1.165) is 25.2 Å². The molecule has 1 atom stereocenters. The lowest BCUT2D eigenvalue weighted by atomic mass is 10.1. The molecule has 0 amide bonds. The summed E-state index contributed by atoms with van der Waals surface area (Å²) in [7, 11) is 0. The second kappa shape index (κ2) is 6.70. The van der Waals surface area contributed by atoms with Gasteiger partial charge >= 0.3 is 0 Å². The van der Waals surface area contributed by atoms with Crippen molar-refractivity contribution in [1.82, 2.24) is 9.78 Å². The quantitative estimate of drug-likeness (QED) is 0.874. The summed E-state index contributed by atoms with van der Waals surface area (Å²) in [5.74, 6) is 0. The number of aliphatic hydroxyl groups is 1. The molecule has 1 unspecified atom stereocenters. The predicted molar refractivity (Wildman–Crippen MR) is 75.5 cm³/mol. The van der Waals surface area contributed by atoms with E-state index < -0.39 is 0 Å². The highest BCUT2D eigenvalue weighted by Gasteiger charge is 2.12. The molecule has 1 fully saturated rings. The van der Waals surface area contributed by atoms with Gasteiger partial charge in [-0.1, -0.05) is 0 Å². The Kier molecular flexibility index (Phi) is 4.96. The van der Waals surface area contributed by atoms with Crippen molar-refractivity contribution in [3.05, 3.63) is 22.6 Å². The van der Waals surface area contributed by atoms with E-state index in [0.29, 0.717) is 13.0 Å². The zero-order valence-corrected chi connectivity index (χ0v) is 11.6. The van der Waals surface area contributed by atoms with Crippen LogP contribution < -0.4 is 10.5 Å². The maximum absolute atomic E-state index is 12.0. The average Bonchev–Trinajstić information content (AvgIpc) is 2.41. The van der Waals surface area contributed by atoms with Crippen molar-refractivity contribution in [3.8, 4) is 0 Å². The van der Waals surface area contributed by atoms with Gasteiger partial charge in [0.1, 0.15) is 0 Å². The SMILES string of the molecule is CC(O)CCCn1ncc(N2CCCCC2)cc1=O.